The Morgan fingerprint density at radius 2 is 1.74 bits per heavy atom. The van der Waals surface area contributed by atoms with Gasteiger partial charge in [0.2, 0.25) is 5.56 Å². The second kappa shape index (κ2) is 9.03. The summed E-state index contributed by atoms with van der Waals surface area (Å²) < 4.78 is 4.89. The quantitative estimate of drug-likeness (QED) is 0.408. The van der Waals surface area contributed by atoms with E-state index in [1.165, 1.54) is 42.5 Å². The summed E-state index contributed by atoms with van der Waals surface area (Å²) in [6.07, 6.45) is 0. The van der Waals surface area contributed by atoms with Crippen molar-refractivity contribution in [3.63, 3.8) is 0 Å². The van der Waals surface area contributed by atoms with Crippen LogP contribution in [0.1, 0.15) is 15.9 Å². The first-order chi connectivity index (χ1) is 10.4. The molecule has 0 aliphatic rings. The van der Waals surface area contributed by atoms with Crippen molar-refractivity contribution in [2.24, 2.45) is 0 Å². The van der Waals surface area contributed by atoms with Crippen molar-refractivity contribution < 1.29 is 75.9 Å². The van der Waals surface area contributed by atoms with Gasteiger partial charge in [0, 0.05) is 11.1 Å². The van der Waals surface area contributed by atoms with Crippen LogP contribution in [0.4, 0.5) is 0 Å². The van der Waals surface area contributed by atoms with E-state index in [0.29, 0.717) is 5.56 Å². The molecule has 0 aliphatic carbocycles. The van der Waals surface area contributed by atoms with E-state index in [1.807, 2.05) is 0 Å². The minimum absolute atomic E-state index is 0. The molecule has 0 aromatic heterocycles. The van der Waals surface area contributed by atoms with Crippen LogP contribution in [0.15, 0.2) is 42.5 Å². The maximum absolute atomic E-state index is 12.3. The summed E-state index contributed by atoms with van der Waals surface area (Å²) in [5.41, 5.74) is -1.10. The van der Waals surface area contributed by atoms with E-state index in [2.05, 4.69) is 0 Å². The number of carbonyl (C=O) groups excluding carboxylic acids is 2. The smallest absolute Gasteiger partial charge is 0.545 e. The Kier molecular flexibility index (Phi) is 8.03. The van der Waals surface area contributed by atoms with Crippen LogP contribution in [0.5, 0.6) is 11.5 Å². The number of benzene rings is 2. The minimum Gasteiger partial charge on any atom is -0.545 e. The van der Waals surface area contributed by atoms with Crippen LogP contribution in [0.2, 0.25) is 5.02 Å². The van der Waals surface area contributed by atoms with Gasteiger partial charge in [-0.05, 0) is 42.5 Å². The molecule has 0 saturated carbocycles. The molecule has 2 aromatic rings. The summed E-state index contributed by atoms with van der Waals surface area (Å²) in [6, 6.07) is 9.75. The van der Waals surface area contributed by atoms with Crippen molar-refractivity contribution >= 4 is 35.0 Å². The van der Waals surface area contributed by atoms with E-state index < -0.39 is 11.5 Å². The van der Waals surface area contributed by atoms with E-state index in [0.717, 1.165) is 0 Å². The number of carboxylic acid groups (broad SMARTS) is 1. The molecule has 0 aliphatic heterocycles. The van der Waals surface area contributed by atoms with Crippen molar-refractivity contribution in [3.05, 3.63) is 58.6 Å². The Labute approximate surface area is 184 Å². The standard InChI is InChI=1S/C15H10Cl2O5.K/c16-12-7-10(22-14(17)15(20)21)5-6-11(12)13(19)8-1-3-9(18)4-2-8;/h1-7,14,18H,(H,20,21);/q;+1/p-1. The zero-order chi connectivity index (χ0) is 16.3. The van der Waals surface area contributed by atoms with Crippen LogP contribution >= 0.6 is 23.2 Å². The molecule has 0 fully saturated rings. The number of aromatic hydroxyl groups is 1. The molecule has 2 rings (SSSR count). The third-order valence-electron chi connectivity index (χ3n) is 2.74. The number of phenolic OH excluding ortho intramolecular Hbond substituents is 1. The first-order valence-corrected chi connectivity index (χ1v) is 6.85. The number of halogens is 2. The third kappa shape index (κ3) is 5.46. The van der Waals surface area contributed by atoms with Crippen molar-refractivity contribution in [1.29, 1.82) is 0 Å². The number of alkyl halides is 1. The molecule has 0 radical (unpaired) electrons. The van der Waals surface area contributed by atoms with Crippen LogP contribution in [-0.4, -0.2) is 22.4 Å². The van der Waals surface area contributed by atoms with Crippen LogP contribution in [0.25, 0.3) is 0 Å². The van der Waals surface area contributed by atoms with Crippen molar-refractivity contribution in [2.75, 3.05) is 0 Å². The summed E-state index contributed by atoms with van der Waals surface area (Å²) in [5, 5.41) is 19.8. The molecule has 0 saturated heterocycles. The molecular weight excluding hydrogens is 370 g/mol. The van der Waals surface area contributed by atoms with Gasteiger partial charge in [0.15, 0.2) is 5.78 Å². The zero-order valence-corrected chi connectivity index (χ0v) is 16.6. The van der Waals surface area contributed by atoms with Crippen molar-refractivity contribution in [2.45, 2.75) is 5.56 Å². The summed E-state index contributed by atoms with van der Waals surface area (Å²) in [7, 11) is 0. The normalized spacial score (nSPS) is 11.2. The average molecular weight is 379 g/mol. The number of carboxylic acids is 1. The first kappa shape index (κ1) is 20.4. The van der Waals surface area contributed by atoms with Gasteiger partial charge in [-0.3, -0.25) is 4.79 Å². The fraction of sp³-hybridized carbons (Fsp3) is 0.0667. The molecule has 0 amide bonds. The van der Waals surface area contributed by atoms with Gasteiger partial charge >= 0.3 is 51.4 Å². The molecule has 23 heavy (non-hydrogen) atoms. The maximum atomic E-state index is 12.3. The van der Waals surface area contributed by atoms with Gasteiger partial charge in [-0.1, -0.05) is 23.2 Å². The van der Waals surface area contributed by atoms with E-state index in [9.17, 15) is 19.8 Å². The summed E-state index contributed by atoms with van der Waals surface area (Å²) >= 11 is 11.4. The number of hydrogen-bond donors (Lipinski definition) is 1. The second-order valence-corrected chi connectivity index (χ2v) is 5.07. The summed E-state index contributed by atoms with van der Waals surface area (Å²) in [4.78, 5) is 22.8. The molecule has 1 N–H and O–H groups in total. The molecule has 2 aromatic carbocycles. The van der Waals surface area contributed by atoms with E-state index in [-0.39, 0.29) is 79.3 Å². The van der Waals surface area contributed by atoms with Crippen molar-refractivity contribution in [1.82, 2.24) is 0 Å². The topological polar surface area (TPSA) is 86.7 Å². The number of phenols is 1. The Morgan fingerprint density at radius 1 is 1.13 bits per heavy atom. The number of aliphatic carboxylic acids is 1. The predicted octanol–water partition coefficient (Wildman–Crippen LogP) is -1.03. The van der Waals surface area contributed by atoms with Gasteiger partial charge in [-0.15, -0.1) is 0 Å². The van der Waals surface area contributed by atoms with Crippen LogP contribution in [-0.2, 0) is 4.79 Å². The molecule has 5 nitrogen and oxygen atoms in total. The van der Waals surface area contributed by atoms with Crippen LogP contribution in [0.3, 0.4) is 0 Å². The molecule has 1 atom stereocenters. The average Bonchev–Trinajstić information content (AvgIpc) is 2.47. The third-order valence-corrected chi connectivity index (χ3v) is 3.32. The van der Waals surface area contributed by atoms with Gasteiger partial charge in [0.25, 0.3) is 0 Å². The number of ketones is 1. The molecule has 114 valence electrons. The molecule has 1 unspecified atom stereocenters. The first-order valence-electron chi connectivity index (χ1n) is 6.03. The fourth-order valence-electron chi connectivity index (χ4n) is 1.69. The minimum atomic E-state index is -1.66. The fourth-order valence-corrected chi connectivity index (χ4v) is 2.05. The van der Waals surface area contributed by atoms with Crippen LogP contribution < -0.4 is 61.2 Å². The number of ether oxygens (including phenoxy) is 1. The Hall–Kier alpha value is -0.604. The Bertz CT molecular complexity index is 718. The molecular formula is C15H9Cl2KO5. The molecule has 8 heteroatoms. The van der Waals surface area contributed by atoms with Gasteiger partial charge in [0.05, 0.1) is 11.0 Å². The Morgan fingerprint density at radius 3 is 2.26 bits per heavy atom. The maximum Gasteiger partial charge on any atom is 1.00 e. The Balaban J connectivity index is 0.00000264. The van der Waals surface area contributed by atoms with Gasteiger partial charge in [-0.25, -0.2) is 0 Å². The van der Waals surface area contributed by atoms with E-state index in [1.54, 1.807) is 0 Å². The number of rotatable bonds is 5. The zero-order valence-electron chi connectivity index (χ0n) is 12.0. The SMILES string of the molecule is O=C(c1ccc(O)cc1)c1ccc(OC(Cl)C(=O)[O-])cc1Cl.[K+]. The monoisotopic (exact) mass is 378 g/mol. The molecule has 0 bridgehead atoms. The number of hydrogen-bond acceptors (Lipinski definition) is 5. The van der Waals surface area contributed by atoms with E-state index >= 15 is 0 Å². The summed E-state index contributed by atoms with van der Waals surface area (Å²) in [6.45, 7) is 0. The van der Waals surface area contributed by atoms with Gasteiger partial charge in [0.1, 0.15) is 11.5 Å². The summed E-state index contributed by atoms with van der Waals surface area (Å²) in [5.74, 6) is -1.79. The molecule has 0 heterocycles. The molecule has 0 spiro atoms. The van der Waals surface area contributed by atoms with Crippen LogP contribution in [0, 0.1) is 0 Å². The predicted molar refractivity (Wildman–Crippen MR) is 78.3 cm³/mol. The van der Waals surface area contributed by atoms with Gasteiger partial charge < -0.3 is 19.7 Å². The van der Waals surface area contributed by atoms with Gasteiger partial charge in [-0.2, -0.15) is 0 Å². The largest absolute Gasteiger partial charge is 1.00 e. The van der Waals surface area contributed by atoms with Crippen molar-refractivity contribution in [3.8, 4) is 11.5 Å². The number of carbonyl (C=O) groups is 2. The van der Waals surface area contributed by atoms with E-state index in [4.69, 9.17) is 27.9 Å². The second-order valence-electron chi connectivity index (χ2n) is 4.27.